The van der Waals surface area contributed by atoms with Crippen molar-refractivity contribution in [3.05, 3.63) is 29.1 Å². The molecular weight excluding hydrogens is 255 g/mol. The van der Waals surface area contributed by atoms with E-state index in [0.29, 0.717) is 5.56 Å². The van der Waals surface area contributed by atoms with Crippen molar-refractivity contribution in [3.8, 4) is 0 Å². The molecule has 1 fully saturated rings. The molecule has 1 heterocycles. The molecule has 2 unspecified atom stereocenters. The van der Waals surface area contributed by atoms with Gasteiger partial charge in [0.2, 0.25) is 0 Å². The highest BCUT2D eigenvalue weighted by Crippen LogP contribution is 2.32. The number of hydrogen-bond donors (Lipinski definition) is 1. The van der Waals surface area contributed by atoms with Crippen LogP contribution in [-0.4, -0.2) is 32.8 Å². The Kier molecular flexibility index (Phi) is 5.00. The van der Waals surface area contributed by atoms with Gasteiger partial charge < -0.3 is 15.0 Å². The van der Waals surface area contributed by atoms with Crippen molar-refractivity contribution in [2.24, 2.45) is 0 Å². The van der Waals surface area contributed by atoms with E-state index in [-0.39, 0.29) is 18.0 Å². The third-order valence-corrected chi connectivity index (χ3v) is 4.10. The molecule has 0 aromatic heterocycles. The van der Waals surface area contributed by atoms with Crippen LogP contribution in [0.3, 0.4) is 0 Å². The average Bonchev–Trinajstić information content (AvgIpc) is 2.90. The quantitative estimate of drug-likeness (QED) is 0.897. The Labute approximate surface area is 121 Å². The molecule has 3 nitrogen and oxygen atoms in total. The Hall–Kier alpha value is -1.13. The second kappa shape index (κ2) is 6.55. The molecule has 1 aliphatic heterocycles. The maximum atomic E-state index is 13.9. The van der Waals surface area contributed by atoms with E-state index in [9.17, 15) is 4.39 Å². The Morgan fingerprint density at radius 2 is 2.25 bits per heavy atom. The molecule has 2 rings (SSSR count). The first kappa shape index (κ1) is 15.3. The van der Waals surface area contributed by atoms with Crippen LogP contribution >= 0.6 is 0 Å². The van der Waals surface area contributed by atoms with Gasteiger partial charge in [0.1, 0.15) is 5.82 Å². The Morgan fingerprint density at radius 1 is 1.50 bits per heavy atom. The fourth-order valence-electron chi connectivity index (χ4n) is 2.86. The van der Waals surface area contributed by atoms with Gasteiger partial charge in [0, 0.05) is 31.9 Å². The lowest BCUT2D eigenvalue weighted by Crippen LogP contribution is -2.26. The van der Waals surface area contributed by atoms with Crippen molar-refractivity contribution < 1.29 is 9.13 Å². The molecule has 0 bridgehead atoms. The summed E-state index contributed by atoms with van der Waals surface area (Å²) >= 11 is 0. The SMILES string of the molecule is CCNC(C)c1cc(F)c(C)cc1N1CCC(OC)C1. The number of halogens is 1. The summed E-state index contributed by atoms with van der Waals surface area (Å²) < 4.78 is 19.4. The Morgan fingerprint density at radius 3 is 2.85 bits per heavy atom. The topological polar surface area (TPSA) is 24.5 Å². The molecule has 0 aliphatic carbocycles. The van der Waals surface area contributed by atoms with Crippen molar-refractivity contribution >= 4 is 5.69 Å². The van der Waals surface area contributed by atoms with E-state index < -0.39 is 0 Å². The second-order valence-corrected chi connectivity index (χ2v) is 5.53. The van der Waals surface area contributed by atoms with Gasteiger partial charge in [0.15, 0.2) is 0 Å². The van der Waals surface area contributed by atoms with Gasteiger partial charge in [-0.15, -0.1) is 0 Å². The molecule has 112 valence electrons. The van der Waals surface area contributed by atoms with Gasteiger partial charge >= 0.3 is 0 Å². The highest BCUT2D eigenvalue weighted by molar-refractivity contribution is 5.58. The molecule has 0 radical (unpaired) electrons. The van der Waals surface area contributed by atoms with Crippen molar-refractivity contribution in [1.82, 2.24) is 5.32 Å². The predicted molar refractivity (Wildman–Crippen MR) is 80.9 cm³/mol. The molecular formula is C16H25FN2O. The van der Waals surface area contributed by atoms with Crippen LogP contribution in [0.5, 0.6) is 0 Å². The molecule has 0 saturated carbocycles. The highest BCUT2D eigenvalue weighted by atomic mass is 19.1. The van der Waals surface area contributed by atoms with Crippen molar-refractivity contribution in [3.63, 3.8) is 0 Å². The minimum atomic E-state index is -0.129. The molecule has 1 aliphatic rings. The summed E-state index contributed by atoms with van der Waals surface area (Å²) in [5, 5.41) is 3.37. The van der Waals surface area contributed by atoms with Crippen LogP contribution in [-0.2, 0) is 4.74 Å². The van der Waals surface area contributed by atoms with Gasteiger partial charge in [0.05, 0.1) is 6.10 Å². The molecule has 0 amide bonds. The minimum Gasteiger partial charge on any atom is -0.380 e. The summed E-state index contributed by atoms with van der Waals surface area (Å²) in [5.41, 5.74) is 2.87. The third-order valence-electron chi connectivity index (χ3n) is 4.10. The summed E-state index contributed by atoms with van der Waals surface area (Å²) in [5.74, 6) is -0.129. The number of nitrogens with one attached hydrogen (secondary N) is 1. The first-order valence-corrected chi connectivity index (χ1v) is 7.38. The summed E-state index contributed by atoms with van der Waals surface area (Å²) in [6.07, 6.45) is 1.31. The van der Waals surface area contributed by atoms with E-state index in [1.54, 1.807) is 13.2 Å². The zero-order valence-electron chi connectivity index (χ0n) is 12.9. The average molecular weight is 280 g/mol. The van der Waals surface area contributed by atoms with Crippen LogP contribution in [0.4, 0.5) is 10.1 Å². The fraction of sp³-hybridized carbons (Fsp3) is 0.625. The number of aryl methyl sites for hydroxylation is 1. The van der Waals surface area contributed by atoms with Crippen LogP contribution in [0, 0.1) is 12.7 Å². The first-order chi connectivity index (χ1) is 9.56. The summed E-state index contributed by atoms with van der Waals surface area (Å²) in [4.78, 5) is 2.31. The summed E-state index contributed by atoms with van der Waals surface area (Å²) in [7, 11) is 1.76. The number of benzene rings is 1. The normalized spacial score (nSPS) is 20.4. The maximum Gasteiger partial charge on any atom is 0.126 e. The highest BCUT2D eigenvalue weighted by Gasteiger charge is 2.25. The van der Waals surface area contributed by atoms with Crippen molar-refractivity contribution in [2.45, 2.75) is 39.3 Å². The van der Waals surface area contributed by atoms with E-state index >= 15 is 0 Å². The molecule has 1 aromatic rings. The molecule has 1 saturated heterocycles. The number of anilines is 1. The zero-order valence-corrected chi connectivity index (χ0v) is 12.9. The van der Waals surface area contributed by atoms with E-state index in [4.69, 9.17) is 4.74 Å². The Bertz CT molecular complexity index is 464. The van der Waals surface area contributed by atoms with Crippen LogP contribution in [0.1, 0.15) is 37.4 Å². The van der Waals surface area contributed by atoms with Crippen LogP contribution < -0.4 is 10.2 Å². The number of hydrogen-bond acceptors (Lipinski definition) is 3. The van der Waals surface area contributed by atoms with Gasteiger partial charge in [-0.25, -0.2) is 4.39 Å². The van der Waals surface area contributed by atoms with Gasteiger partial charge in [-0.05, 0) is 50.1 Å². The molecule has 20 heavy (non-hydrogen) atoms. The molecule has 1 N–H and O–H groups in total. The van der Waals surface area contributed by atoms with Gasteiger partial charge in [-0.3, -0.25) is 0 Å². The van der Waals surface area contributed by atoms with Gasteiger partial charge in [0.25, 0.3) is 0 Å². The minimum absolute atomic E-state index is 0.129. The standard InChI is InChI=1S/C16H25FN2O/c1-5-18-12(3)14-9-15(17)11(2)8-16(14)19-7-6-13(10-19)20-4/h8-9,12-13,18H,5-7,10H2,1-4H3. The van der Waals surface area contributed by atoms with E-state index in [1.165, 1.54) is 0 Å². The predicted octanol–water partition coefficient (Wildman–Crippen LogP) is 3.03. The molecule has 1 aromatic carbocycles. The van der Waals surface area contributed by atoms with E-state index in [0.717, 1.165) is 37.3 Å². The van der Waals surface area contributed by atoms with Crippen LogP contribution in [0.2, 0.25) is 0 Å². The number of ether oxygens (including phenoxy) is 1. The molecule has 2 atom stereocenters. The molecule has 4 heteroatoms. The maximum absolute atomic E-state index is 13.9. The lowest BCUT2D eigenvalue weighted by Gasteiger charge is -2.26. The van der Waals surface area contributed by atoms with Gasteiger partial charge in [-0.1, -0.05) is 6.92 Å². The van der Waals surface area contributed by atoms with Crippen LogP contribution in [0.25, 0.3) is 0 Å². The second-order valence-electron chi connectivity index (χ2n) is 5.53. The summed E-state index contributed by atoms with van der Waals surface area (Å²) in [6.45, 7) is 8.70. The van der Waals surface area contributed by atoms with Crippen molar-refractivity contribution in [1.29, 1.82) is 0 Å². The zero-order chi connectivity index (χ0) is 14.7. The number of methoxy groups -OCH3 is 1. The lowest BCUT2D eigenvalue weighted by molar-refractivity contribution is 0.121. The first-order valence-electron chi connectivity index (χ1n) is 7.38. The number of nitrogens with zero attached hydrogens (tertiary/aromatic N) is 1. The van der Waals surface area contributed by atoms with Crippen LogP contribution in [0.15, 0.2) is 12.1 Å². The van der Waals surface area contributed by atoms with Crippen molar-refractivity contribution in [2.75, 3.05) is 31.6 Å². The smallest absolute Gasteiger partial charge is 0.126 e. The largest absolute Gasteiger partial charge is 0.380 e. The lowest BCUT2D eigenvalue weighted by atomic mass is 10.0. The number of rotatable bonds is 5. The summed E-state index contributed by atoms with van der Waals surface area (Å²) in [6, 6.07) is 3.79. The fourth-order valence-corrected chi connectivity index (χ4v) is 2.86. The third kappa shape index (κ3) is 3.13. The monoisotopic (exact) mass is 280 g/mol. The van der Waals surface area contributed by atoms with Gasteiger partial charge in [-0.2, -0.15) is 0 Å². The molecule has 0 spiro atoms. The van der Waals surface area contributed by atoms with E-state index in [1.807, 2.05) is 13.0 Å². The van der Waals surface area contributed by atoms with E-state index in [2.05, 4.69) is 24.1 Å². The Balaban J connectivity index is 2.32.